The van der Waals surface area contributed by atoms with E-state index in [1.54, 1.807) is 0 Å². The summed E-state index contributed by atoms with van der Waals surface area (Å²) in [5.74, 6) is 0. The van der Waals surface area contributed by atoms with E-state index in [2.05, 4.69) is 93.2 Å². The molecule has 0 atom stereocenters. The molecule has 0 saturated carbocycles. The number of alkyl halides is 1. The van der Waals surface area contributed by atoms with Gasteiger partial charge in [-0.3, -0.25) is 0 Å². The van der Waals surface area contributed by atoms with Gasteiger partial charge in [0, 0.05) is 28.2 Å². The first kappa shape index (κ1) is 14.6. The summed E-state index contributed by atoms with van der Waals surface area (Å²) in [7, 11) is 2.11. The molecular weight excluding hydrogens is 366 g/mol. The summed E-state index contributed by atoms with van der Waals surface area (Å²) in [5.41, 5.74) is 5.07. The van der Waals surface area contributed by atoms with E-state index < -0.39 is 0 Å². The fraction of sp³-hybridized carbons (Fsp3) is 0.250. The van der Waals surface area contributed by atoms with Crippen LogP contribution in [0.2, 0.25) is 0 Å². The van der Waals surface area contributed by atoms with Gasteiger partial charge in [0.15, 0.2) is 0 Å². The van der Waals surface area contributed by atoms with Gasteiger partial charge in [0.05, 0.1) is 0 Å². The second-order valence-corrected chi connectivity index (χ2v) is 5.96. The molecule has 3 heteroatoms. The van der Waals surface area contributed by atoms with Gasteiger partial charge in [-0.05, 0) is 41.8 Å². The van der Waals surface area contributed by atoms with Crippen LogP contribution >= 0.6 is 31.9 Å². The Morgan fingerprint density at radius 3 is 2.32 bits per heavy atom. The van der Waals surface area contributed by atoms with Crippen molar-refractivity contribution in [1.29, 1.82) is 0 Å². The van der Waals surface area contributed by atoms with Crippen molar-refractivity contribution in [2.75, 3.05) is 11.9 Å². The molecule has 0 radical (unpaired) electrons. The lowest BCUT2D eigenvalue weighted by Gasteiger charge is -2.22. The number of halogens is 2. The highest BCUT2D eigenvalue weighted by Crippen LogP contribution is 2.31. The SMILES string of the molecule is CCc1ccc(N(C)c2cc(Br)ccc2CBr)cc1. The lowest BCUT2D eigenvalue weighted by Crippen LogP contribution is -2.11. The number of hydrogen-bond donors (Lipinski definition) is 0. The van der Waals surface area contributed by atoms with E-state index in [4.69, 9.17) is 0 Å². The Balaban J connectivity index is 2.36. The first-order valence-corrected chi connectivity index (χ1v) is 8.24. The van der Waals surface area contributed by atoms with Gasteiger partial charge in [-0.25, -0.2) is 0 Å². The first-order chi connectivity index (χ1) is 9.15. The van der Waals surface area contributed by atoms with Gasteiger partial charge >= 0.3 is 0 Å². The maximum atomic E-state index is 3.55. The average molecular weight is 383 g/mol. The standard InChI is InChI=1S/C16H17Br2N/c1-3-12-4-8-15(9-5-12)19(2)16-10-14(18)7-6-13(16)11-17/h4-10H,3,11H2,1-2H3. The molecule has 19 heavy (non-hydrogen) atoms. The van der Waals surface area contributed by atoms with Crippen LogP contribution in [0.1, 0.15) is 18.1 Å². The third-order valence-corrected chi connectivity index (χ3v) is 4.38. The van der Waals surface area contributed by atoms with Gasteiger partial charge < -0.3 is 4.90 Å². The van der Waals surface area contributed by atoms with E-state index >= 15 is 0 Å². The van der Waals surface area contributed by atoms with Gasteiger partial charge in [0.25, 0.3) is 0 Å². The summed E-state index contributed by atoms with van der Waals surface area (Å²) in [6.07, 6.45) is 1.08. The molecule has 1 nitrogen and oxygen atoms in total. The van der Waals surface area contributed by atoms with Crippen molar-refractivity contribution in [2.45, 2.75) is 18.7 Å². The van der Waals surface area contributed by atoms with Gasteiger partial charge in [-0.2, -0.15) is 0 Å². The van der Waals surface area contributed by atoms with E-state index in [1.165, 1.54) is 22.5 Å². The van der Waals surface area contributed by atoms with Crippen LogP contribution in [-0.2, 0) is 11.8 Å². The second kappa shape index (κ2) is 6.58. The number of aryl methyl sites for hydroxylation is 1. The number of benzene rings is 2. The highest BCUT2D eigenvalue weighted by molar-refractivity contribution is 9.10. The minimum Gasteiger partial charge on any atom is -0.344 e. The van der Waals surface area contributed by atoms with Crippen LogP contribution in [0.25, 0.3) is 0 Å². The molecule has 0 unspecified atom stereocenters. The topological polar surface area (TPSA) is 3.24 Å². The van der Waals surface area contributed by atoms with Gasteiger partial charge in [0.1, 0.15) is 0 Å². The Kier molecular flexibility index (Phi) is 5.06. The maximum absolute atomic E-state index is 3.55. The van der Waals surface area contributed by atoms with Crippen LogP contribution in [0.4, 0.5) is 11.4 Å². The highest BCUT2D eigenvalue weighted by Gasteiger charge is 2.09. The highest BCUT2D eigenvalue weighted by atomic mass is 79.9. The largest absolute Gasteiger partial charge is 0.344 e. The van der Waals surface area contributed by atoms with E-state index in [0.717, 1.165) is 16.2 Å². The van der Waals surface area contributed by atoms with Gasteiger partial charge in [-0.1, -0.05) is 57.0 Å². The molecule has 2 aromatic rings. The van der Waals surface area contributed by atoms with E-state index in [0.29, 0.717) is 0 Å². The Morgan fingerprint density at radius 1 is 1.05 bits per heavy atom. The summed E-state index contributed by atoms with van der Waals surface area (Å²) >= 11 is 7.10. The Hall–Kier alpha value is -0.800. The molecule has 0 aliphatic carbocycles. The van der Waals surface area contributed by atoms with Crippen LogP contribution in [0.15, 0.2) is 46.9 Å². The minimum atomic E-state index is 0.854. The summed E-state index contributed by atoms with van der Waals surface area (Å²) in [4.78, 5) is 2.22. The van der Waals surface area contributed by atoms with Crippen LogP contribution in [-0.4, -0.2) is 7.05 Å². The predicted octanol–water partition coefficient (Wildman–Crippen LogP) is 5.67. The van der Waals surface area contributed by atoms with Crippen molar-refractivity contribution in [3.05, 3.63) is 58.1 Å². The molecule has 0 N–H and O–H groups in total. The molecule has 100 valence electrons. The maximum Gasteiger partial charge on any atom is 0.0460 e. The summed E-state index contributed by atoms with van der Waals surface area (Å²) < 4.78 is 1.10. The zero-order valence-corrected chi connectivity index (χ0v) is 14.3. The molecule has 0 amide bonds. The van der Waals surface area contributed by atoms with E-state index in [9.17, 15) is 0 Å². The van der Waals surface area contributed by atoms with Crippen molar-refractivity contribution in [3.63, 3.8) is 0 Å². The quantitative estimate of drug-likeness (QED) is 0.615. The zero-order chi connectivity index (χ0) is 13.8. The fourth-order valence-corrected chi connectivity index (χ4v) is 2.88. The molecule has 0 saturated heterocycles. The number of rotatable bonds is 4. The third-order valence-electron chi connectivity index (χ3n) is 3.28. The molecule has 0 fully saturated rings. The lowest BCUT2D eigenvalue weighted by atomic mass is 10.1. The lowest BCUT2D eigenvalue weighted by molar-refractivity contribution is 1.13. The van der Waals surface area contributed by atoms with E-state index in [1.807, 2.05) is 0 Å². The zero-order valence-electron chi connectivity index (χ0n) is 11.2. The second-order valence-electron chi connectivity index (χ2n) is 4.49. The normalized spacial score (nSPS) is 10.5. The smallest absolute Gasteiger partial charge is 0.0460 e. The molecule has 0 heterocycles. The van der Waals surface area contributed by atoms with Crippen molar-refractivity contribution in [3.8, 4) is 0 Å². The molecular formula is C16H17Br2N. The van der Waals surface area contributed by atoms with Crippen LogP contribution < -0.4 is 4.90 Å². The number of nitrogens with zero attached hydrogens (tertiary/aromatic N) is 1. The average Bonchev–Trinajstić information content (AvgIpc) is 2.46. The predicted molar refractivity (Wildman–Crippen MR) is 90.7 cm³/mol. The summed E-state index contributed by atoms with van der Waals surface area (Å²) in [5, 5.41) is 0.854. The van der Waals surface area contributed by atoms with Crippen molar-refractivity contribution < 1.29 is 0 Å². The molecule has 0 spiro atoms. The molecule has 2 aromatic carbocycles. The summed E-state index contributed by atoms with van der Waals surface area (Å²) in [6.45, 7) is 2.18. The van der Waals surface area contributed by atoms with Crippen molar-refractivity contribution in [1.82, 2.24) is 0 Å². The van der Waals surface area contributed by atoms with Crippen molar-refractivity contribution in [2.24, 2.45) is 0 Å². The molecule has 0 aliphatic rings. The Morgan fingerprint density at radius 2 is 1.74 bits per heavy atom. The molecule has 0 bridgehead atoms. The molecule has 0 aliphatic heterocycles. The minimum absolute atomic E-state index is 0.854. The van der Waals surface area contributed by atoms with E-state index in [-0.39, 0.29) is 0 Å². The Bertz CT molecular complexity index is 549. The van der Waals surface area contributed by atoms with Crippen LogP contribution in [0, 0.1) is 0 Å². The monoisotopic (exact) mass is 381 g/mol. The van der Waals surface area contributed by atoms with Gasteiger partial charge in [0.2, 0.25) is 0 Å². The van der Waals surface area contributed by atoms with Gasteiger partial charge in [-0.15, -0.1) is 0 Å². The summed E-state index contributed by atoms with van der Waals surface area (Å²) in [6, 6.07) is 15.1. The van der Waals surface area contributed by atoms with Crippen molar-refractivity contribution >= 4 is 43.2 Å². The fourth-order valence-electron chi connectivity index (χ4n) is 2.06. The Labute approximate surface area is 131 Å². The van der Waals surface area contributed by atoms with Crippen LogP contribution in [0.5, 0.6) is 0 Å². The number of hydrogen-bond acceptors (Lipinski definition) is 1. The first-order valence-electron chi connectivity index (χ1n) is 6.32. The molecule has 2 rings (SSSR count). The third kappa shape index (κ3) is 3.40. The molecule has 0 aromatic heterocycles. The van der Waals surface area contributed by atoms with Crippen LogP contribution in [0.3, 0.4) is 0 Å². The number of anilines is 2.